The molecule has 0 aliphatic heterocycles. The quantitative estimate of drug-likeness (QED) is 0.748. The highest BCUT2D eigenvalue weighted by Gasteiger charge is 2.24. The third kappa shape index (κ3) is 1.32. The van der Waals surface area contributed by atoms with Gasteiger partial charge in [0.05, 0.1) is 5.69 Å². The molecule has 0 amide bonds. The maximum Gasteiger partial charge on any atom is 0.354 e. The third-order valence-electron chi connectivity index (χ3n) is 2.64. The lowest BCUT2D eigenvalue weighted by atomic mass is 9.83. The van der Waals surface area contributed by atoms with Crippen molar-refractivity contribution in [1.29, 1.82) is 0 Å². The molecule has 0 atom stereocenters. The van der Waals surface area contributed by atoms with E-state index in [1.165, 1.54) is 11.1 Å². The van der Waals surface area contributed by atoms with Gasteiger partial charge in [-0.25, -0.2) is 4.79 Å². The molecular weight excluding hydrogens is 168 g/mol. The first kappa shape index (κ1) is 8.29. The first-order valence-corrected chi connectivity index (χ1v) is 4.45. The highest BCUT2D eigenvalue weighted by molar-refractivity contribution is 5.85. The molecule has 1 aromatic heterocycles. The first-order valence-electron chi connectivity index (χ1n) is 4.45. The Morgan fingerprint density at radius 2 is 2.38 bits per heavy atom. The van der Waals surface area contributed by atoms with Crippen LogP contribution in [0.3, 0.4) is 0 Å². The van der Waals surface area contributed by atoms with E-state index in [-0.39, 0.29) is 5.69 Å². The van der Waals surface area contributed by atoms with Crippen molar-refractivity contribution in [1.82, 2.24) is 9.78 Å². The van der Waals surface area contributed by atoms with Crippen molar-refractivity contribution in [3.05, 3.63) is 17.5 Å². The Labute approximate surface area is 76.2 Å². The number of aryl methyl sites for hydroxylation is 1. The number of carboxylic acids is 1. The fraction of sp³-hybridized carbons (Fsp3) is 0.556. The standard InChI is InChI=1S/C9H12N2O2/c1-11-8(9(12)13)5-7(10-11)6-3-2-4-6/h5-6H,2-4H2,1H3,(H,12,13). The molecule has 0 aromatic carbocycles. The van der Waals surface area contributed by atoms with Gasteiger partial charge in [-0.15, -0.1) is 0 Å². The van der Waals surface area contributed by atoms with Gasteiger partial charge in [-0.2, -0.15) is 5.10 Å². The molecule has 1 fully saturated rings. The summed E-state index contributed by atoms with van der Waals surface area (Å²) in [6, 6.07) is 1.69. The second-order valence-corrected chi connectivity index (χ2v) is 3.51. The minimum Gasteiger partial charge on any atom is -0.477 e. The molecule has 1 aliphatic rings. The molecule has 13 heavy (non-hydrogen) atoms. The molecule has 1 N–H and O–H groups in total. The summed E-state index contributed by atoms with van der Waals surface area (Å²) in [5.74, 6) is -0.403. The van der Waals surface area contributed by atoms with Crippen molar-refractivity contribution in [2.24, 2.45) is 7.05 Å². The molecule has 1 heterocycles. The number of aromatic carboxylic acids is 1. The molecule has 0 saturated heterocycles. The normalized spacial score (nSPS) is 17.0. The lowest BCUT2D eigenvalue weighted by Crippen LogP contribution is -2.09. The zero-order valence-corrected chi connectivity index (χ0v) is 7.53. The number of carboxylic acid groups (broad SMARTS) is 1. The Morgan fingerprint density at radius 1 is 1.69 bits per heavy atom. The van der Waals surface area contributed by atoms with E-state index in [0.717, 1.165) is 18.5 Å². The Hall–Kier alpha value is -1.32. The number of hydrogen-bond acceptors (Lipinski definition) is 2. The predicted molar refractivity (Wildman–Crippen MR) is 46.8 cm³/mol. The van der Waals surface area contributed by atoms with Gasteiger partial charge in [0.2, 0.25) is 0 Å². The van der Waals surface area contributed by atoms with Crippen molar-refractivity contribution < 1.29 is 9.90 Å². The van der Waals surface area contributed by atoms with Crippen LogP contribution in [0.25, 0.3) is 0 Å². The second kappa shape index (κ2) is 2.87. The predicted octanol–water partition coefficient (Wildman–Crippen LogP) is 1.39. The minimum atomic E-state index is -0.902. The van der Waals surface area contributed by atoms with E-state index in [4.69, 9.17) is 5.11 Å². The molecular formula is C9H12N2O2. The summed E-state index contributed by atoms with van der Waals surface area (Å²) in [5.41, 5.74) is 1.22. The number of nitrogens with zero attached hydrogens (tertiary/aromatic N) is 2. The van der Waals surface area contributed by atoms with Crippen LogP contribution in [-0.4, -0.2) is 20.9 Å². The van der Waals surface area contributed by atoms with E-state index in [2.05, 4.69) is 5.10 Å². The van der Waals surface area contributed by atoms with Crippen LogP contribution in [0.2, 0.25) is 0 Å². The lowest BCUT2D eigenvalue weighted by molar-refractivity contribution is 0.0685. The highest BCUT2D eigenvalue weighted by atomic mass is 16.4. The van der Waals surface area contributed by atoms with Crippen LogP contribution in [0.1, 0.15) is 41.4 Å². The van der Waals surface area contributed by atoms with Gasteiger partial charge in [-0.1, -0.05) is 6.42 Å². The monoisotopic (exact) mass is 180 g/mol. The topological polar surface area (TPSA) is 55.1 Å². The Balaban J connectivity index is 2.28. The summed E-state index contributed by atoms with van der Waals surface area (Å²) in [4.78, 5) is 10.7. The van der Waals surface area contributed by atoms with Gasteiger partial charge < -0.3 is 5.11 Å². The number of carbonyl (C=O) groups is 1. The number of hydrogen-bond donors (Lipinski definition) is 1. The van der Waals surface area contributed by atoms with Gasteiger partial charge in [-0.05, 0) is 18.9 Å². The number of aromatic nitrogens is 2. The van der Waals surface area contributed by atoms with E-state index in [9.17, 15) is 4.79 Å². The zero-order valence-electron chi connectivity index (χ0n) is 7.53. The SMILES string of the molecule is Cn1nc(C2CCC2)cc1C(=O)O. The minimum absolute atomic E-state index is 0.280. The van der Waals surface area contributed by atoms with Crippen molar-refractivity contribution in [3.63, 3.8) is 0 Å². The summed E-state index contributed by atoms with van der Waals surface area (Å²) < 4.78 is 1.44. The largest absolute Gasteiger partial charge is 0.477 e. The molecule has 0 spiro atoms. The van der Waals surface area contributed by atoms with Crippen molar-refractivity contribution >= 4 is 5.97 Å². The summed E-state index contributed by atoms with van der Waals surface area (Å²) in [6.07, 6.45) is 3.54. The first-order chi connectivity index (χ1) is 6.18. The zero-order chi connectivity index (χ0) is 9.42. The van der Waals surface area contributed by atoms with Gasteiger partial charge in [0.25, 0.3) is 0 Å². The van der Waals surface area contributed by atoms with Gasteiger partial charge in [-0.3, -0.25) is 4.68 Å². The van der Waals surface area contributed by atoms with Crippen LogP contribution in [0.4, 0.5) is 0 Å². The average molecular weight is 180 g/mol. The third-order valence-corrected chi connectivity index (χ3v) is 2.64. The fourth-order valence-corrected chi connectivity index (χ4v) is 1.59. The summed E-state index contributed by atoms with van der Waals surface area (Å²) in [6.45, 7) is 0. The van der Waals surface area contributed by atoms with Gasteiger partial charge in [0.1, 0.15) is 5.69 Å². The van der Waals surface area contributed by atoms with Crippen molar-refractivity contribution in [2.75, 3.05) is 0 Å². The maximum absolute atomic E-state index is 10.7. The van der Waals surface area contributed by atoms with Gasteiger partial charge in [0, 0.05) is 13.0 Å². The fourth-order valence-electron chi connectivity index (χ4n) is 1.59. The summed E-state index contributed by atoms with van der Waals surface area (Å²) in [7, 11) is 1.67. The molecule has 1 aliphatic carbocycles. The molecule has 4 nitrogen and oxygen atoms in total. The van der Waals surface area contributed by atoms with Crippen LogP contribution < -0.4 is 0 Å². The van der Waals surface area contributed by atoms with E-state index in [1.807, 2.05) is 0 Å². The summed E-state index contributed by atoms with van der Waals surface area (Å²) in [5, 5.41) is 13.0. The molecule has 1 aromatic rings. The molecule has 0 unspecified atom stereocenters. The Morgan fingerprint density at radius 3 is 2.77 bits per heavy atom. The van der Waals surface area contributed by atoms with E-state index in [0.29, 0.717) is 5.92 Å². The molecule has 0 bridgehead atoms. The van der Waals surface area contributed by atoms with E-state index in [1.54, 1.807) is 13.1 Å². The second-order valence-electron chi connectivity index (χ2n) is 3.51. The Kier molecular flexibility index (Phi) is 1.83. The summed E-state index contributed by atoms with van der Waals surface area (Å²) >= 11 is 0. The molecule has 2 rings (SSSR count). The van der Waals surface area contributed by atoms with E-state index < -0.39 is 5.97 Å². The highest BCUT2D eigenvalue weighted by Crippen LogP contribution is 2.35. The van der Waals surface area contributed by atoms with Crippen molar-refractivity contribution in [2.45, 2.75) is 25.2 Å². The lowest BCUT2D eigenvalue weighted by Gasteiger charge is -2.22. The average Bonchev–Trinajstić information content (AvgIpc) is 2.27. The van der Waals surface area contributed by atoms with Crippen LogP contribution in [-0.2, 0) is 7.05 Å². The van der Waals surface area contributed by atoms with Crippen LogP contribution in [0.5, 0.6) is 0 Å². The molecule has 70 valence electrons. The van der Waals surface area contributed by atoms with Gasteiger partial charge >= 0.3 is 5.97 Å². The Bertz CT molecular complexity index is 339. The maximum atomic E-state index is 10.7. The van der Waals surface area contributed by atoms with E-state index >= 15 is 0 Å². The smallest absolute Gasteiger partial charge is 0.354 e. The van der Waals surface area contributed by atoms with Crippen LogP contribution in [0, 0.1) is 0 Å². The molecule has 0 radical (unpaired) electrons. The van der Waals surface area contributed by atoms with Gasteiger partial charge in [0.15, 0.2) is 0 Å². The van der Waals surface area contributed by atoms with Crippen LogP contribution in [0.15, 0.2) is 6.07 Å². The molecule has 4 heteroatoms. The van der Waals surface area contributed by atoms with Crippen LogP contribution >= 0.6 is 0 Å². The number of rotatable bonds is 2. The van der Waals surface area contributed by atoms with Crippen molar-refractivity contribution in [3.8, 4) is 0 Å². The molecule has 1 saturated carbocycles.